The molecular formula is C33H37F3N4OS. The van der Waals surface area contributed by atoms with E-state index in [9.17, 15) is 9.18 Å². The van der Waals surface area contributed by atoms with Crippen LogP contribution in [0.15, 0.2) is 85.2 Å². The molecule has 1 unspecified atom stereocenters. The molecule has 1 heterocycles. The molecule has 0 fully saturated rings. The molecule has 0 bridgehead atoms. The first-order chi connectivity index (χ1) is 20.2. The molecule has 1 aliphatic rings. The van der Waals surface area contributed by atoms with Gasteiger partial charge in [0.15, 0.2) is 0 Å². The van der Waals surface area contributed by atoms with Crippen molar-refractivity contribution in [2.45, 2.75) is 63.7 Å². The summed E-state index contributed by atoms with van der Waals surface area (Å²) in [5.74, 6) is -2.82. The Kier molecular flexibility index (Phi) is 10.4. The van der Waals surface area contributed by atoms with Crippen LogP contribution < -0.4 is 9.62 Å². The summed E-state index contributed by atoms with van der Waals surface area (Å²) in [6.45, 7) is 6.21. The van der Waals surface area contributed by atoms with E-state index in [0.717, 1.165) is 5.56 Å². The summed E-state index contributed by atoms with van der Waals surface area (Å²) in [5.41, 5.74) is 2.58. The highest BCUT2D eigenvalue weighted by atomic mass is 32.2. The van der Waals surface area contributed by atoms with Gasteiger partial charge in [0.2, 0.25) is 5.91 Å². The van der Waals surface area contributed by atoms with Crippen LogP contribution in [-0.4, -0.2) is 15.5 Å². The van der Waals surface area contributed by atoms with E-state index in [4.69, 9.17) is 0 Å². The minimum Gasteiger partial charge on any atom is -0.337 e. The number of imidazole rings is 1. The summed E-state index contributed by atoms with van der Waals surface area (Å²) in [5, 5.41) is -0.314. The summed E-state index contributed by atoms with van der Waals surface area (Å²) in [6.07, 6.45) is 3.67. The van der Waals surface area contributed by atoms with Crippen molar-refractivity contribution in [3.63, 3.8) is 0 Å². The van der Waals surface area contributed by atoms with E-state index in [1.165, 1.54) is 30.1 Å². The van der Waals surface area contributed by atoms with Gasteiger partial charge in [0.05, 0.1) is 11.8 Å². The van der Waals surface area contributed by atoms with Gasteiger partial charge in [-0.3, -0.25) is 4.79 Å². The fourth-order valence-electron chi connectivity index (χ4n) is 5.02. The third kappa shape index (κ3) is 7.37. The first kappa shape index (κ1) is 31.2. The van der Waals surface area contributed by atoms with Crippen molar-refractivity contribution in [1.82, 2.24) is 9.55 Å². The van der Waals surface area contributed by atoms with Crippen LogP contribution in [0.25, 0.3) is 0 Å². The smallest absolute Gasteiger partial charge is 0.273 e. The van der Waals surface area contributed by atoms with Gasteiger partial charge < -0.3 is 14.2 Å². The third-order valence-corrected chi connectivity index (χ3v) is 8.45. The van der Waals surface area contributed by atoms with Crippen molar-refractivity contribution in [3.8, 4) is 0 Å². The lowest BCUT2D eigenvalue weighted by Gasteiger charge is -2.33. The number of anilines is 2. The molecule has 0 saturated carbocycles. The first-order valence-corrected chi connectivity index (χ1v) is 15.1. The molecule has 5 rings (SSSR count). The second-order valence-corrected chi connectivity index (χ2v) is 11.2. The van der Waals surface area contributed by atoms with Crippen LogP contribution in [0.3, 0.4) is 0 Å². The summed E-state index contributed by atoms with van der Waals surface area (Å²) in [7, 11) is 1.86. The molecule has 0 radical (unpaired) electrons. The number of carbonyl (C=O) groups is 1. The number of nitrogens with zero attached hydrogens (tertiary/aromatic N) is 3. The van der Waals surface area contributed by atoms with Crippen molar-refractivity contribution >= 4 is 29.2 Å². The lowest BCUT2D eigenvalue weighted by molar-refractivity contribution is -0.119. The van der Waals surface area contributed by atoms with E-state index in [-0.39, 0.29) is 54.3 Å². The number of aromatic nitrogens is 2. The van der Waals surface area contributed by atoms with Crippen LogP contribution >= 0.6 is 11.9 Å². The highest BCUT2D eigenvalue weighted by Crippen LogP contribution is 2.50. The van der Waals surface area contributed by atoms with Gasteiger partial charge in [0.25, 0.3) is 5.92 Å². The van der Waals surface area contributed by atoms with Crippen molar-refractivity contribution < 1.29 is 18.0 Å². The number of carbonyl (C=O) groups excluding carboxylic acids is 1. The van der Waals surface area contributed by atoms with Gasteiger partial charge in [0.1, 0.15) is 11.6 Å². The van der Waals surface area contributed by atoms with E-state index in [1.807, 2.05) is 68.9 Å². The summed E-state index contributed by atoms with van der Waals surface area (Å²) in [4.78, 5) is 19.8. The zero-order chi connectivity index (χ0) is 30.3. The normalized spacial score (nSPS) is 16.0. The SMILES string of the molecule is CC.C[C@@H](CC(=O)N(Cc1nccn1C)c1ccc2c(c1)C(SNc1cccc(F)c1)CCC2(F)F)c1ccccc1. The summed E-state index contributed by atoms with van der Waals surface area (Å²) >= 11 is 1.28. The van der Waals surface area contributed by atoms with Gasteiger partial charge in [0, 0.05) is 49.2 Å². The van der Waals surface area contributed by atoms with Crippen LogP contribution in [0.1, 0.15) is 73.7 Å². The Hall–Kier alpha value is -3.72. The van der Waals surface area contributed by atoms with E-state index in [0.29, 0.717) is 22.8 Å². The molecule has 0 aliphatic heterocycles. The number of halogens is 3. The minimum absolute atomic E-state index is 0.0293. The fourth-order valence-corrected chi connectivity index (χ4v) is 5.98. The second-order valence-electron chi connectivity index (χ2n) is 10.2. The molecule has 1 amide bonds. The van der Waals surface area contributed by atoms with Gasteiger partial charge in [-0.2, -0.15) is 0 Å². The molecule has 2 atom stereocenters. The monoisotopic (exact) mass is 594 g/mol. The molecule has 9 heteroatoms. The summed E-state index contributed by atoms with van der Waals surface area (Å²) < 4.78 is 48.7. The maximum Gasteiger partial charge on any atom is 0.273 e. The van der Waals surface area contributed by atoms with Crippen LogP contribution in [0.2, 0.25) is 0 Å². The van der Waals surface area contributed by atoms with Crippen molar-refractivity contribution in [1.29, 1.82) is 0 Å². The topological polar surface area (TPSA) is 50.2 Å². The van der Waals surface area contributed by atoms with Gasteiger partial charge in [-0.25, -0.2) is 18.2 Å². The zero-order valence-corrected chi connectivity index (χ0v) is 25.2. The molecule has 222 valence electrons. The Labute approximate surface area is 250 Å². The Morgan fingerprint density at radius 2 is 1.88 bits per heavy atom. The molecule has 3 aromatic carbocycles. The number of fused-ring (bicyclic) bond motifs is 1. The van der Waals surface area contributed by atoms with Crippen molar-refractivity contribution in [3.05, 3.63) is 114 Å². The maximum absolute atomic E-state index is 15.0. The Morgan fingerprint density at radius 1 is 1.12 bits per heavy atom. The average molecular weight is 595 g/mol. The molecule has 4 aromatic rings. The second kappa shape index (κ2) is 14.0. The van der Waals surface area contributed by atoms with E-state index in [2.05, 4.69) is 9.71 Å². The lowest BCUT2D eigenvalue weighted by Crippen LogP contribution is -2.33. The number of amides is 1. The number of aryl methyl sites for hydroxylation is 1. The number of nitrogens with one attached hydrogen (secondary N) is 1. The Morgan fingerprint density at radius 3 is 2.57 bits per heavy atom. The van der Waals surface area contributed by atoms with Crippen LogP contribution in [0, 0.1) is 5.82 Å². The van der Waals surface area contributed by atoms with E-state index >= 15 is 8.78 Å². The fraction of sp³-hybridized carbons (Fsp3) is 0.333. The summed E-state index contributed by atoms with van der Waals surface area (Å²) in [6, 6.07) is 20.6. The highest BCUT2D eigenvalue weighted by Gasteiger charge is 2.41. The highest BCUT2D eigenvalue weighted by molar-refractivity contribution is 8.00. The predicted octanol–water partition coefficient (Wildman–Crippen LogP) is 9.00. The molecule has 0 spiro atoms. The number of rotatable bonds is 9. The van der Waals surface area contributed by atoms with Crippen LogP contribution in [-0.2, 0) is 24.3 Å². The van der Waals surface area contributed by atoms with Gasteiger partial charge in [-0.15, -0.1) is 0 Å². The largest absolute Gasteiger partial charge is 0.337 e. The van der Waals surface area contributed by atoms with Crippen molar-refractivity contribution in [2.75, 3.05) is 9.62 Å². The molecule has 5 nitrogen and oxygen atoms in total. The molecule has 42 heavy (non-hydrogen) atoms. The molecule has 1 N–H and O–H groups in total. The van der Waals surface area contributed by atoms with Crippen LogP contribution in [0.5, 0.6) is 0 Å². The quantitative estimate of drug-likeness (QED) is 0.197. The number of hydrogen-bond acceptors (Lipinski definition) is 4. The minimum atomic E-state index is -2.97. The van der Waals surface area contributed by atoms with E-state index in [1.54, 1.807) is 35.4 Å². The molecule has 1 aromatic heterocycles. The number of hydrogen-bond donors (Lipinski definition) is 1. The number of alkyl halides is 2. The predicted molar refractivity (Wildman–Crippen MR) is 165 cm³/mol. The standard InChI is InChI=1S/C31H31F3N4OS.C2H6/c1-21(22-7-4-3-5-8-22)17-30(39)38(20-29-35-15-16-37(29)2)25-11-12-27-26(19-25)28(13-14-31(27,33)34)40-36-24-10-6-9-23(32)18-24;1-2/h3-12,15-16,18-19,21,28,36H,13-14,17,20H2,1-2H3;1-2H3/t21-,28?;/m0./s1. The zero-order valence-electron chi connectivity index (χ0n) is 24.4. The lowest BCUT2D eigenvalue weighted by atomic mass is 9.87. The van der Waals surface area contributed by atoms with Crippen LogP contribution in [0.4, 0.5) is 24.5 Å². The van der Waals surface area contributed by atoms with Gasteiger partial charge >= 0.3 is 0 Å². The molecule has 0 saturated heterocycles. The van der Waals surface area contributed by atoms with Crippen molar-refractivity contribution in [2.24, 2.45) is 7.05 Å². The molecular weight excluding hydrogens is 557 g/mol. The van der Waals surface area contributed by atoms with E-state index < -0.39 is 5.92 Å². The number of benzene rings is 3. The maximum atomic E-state index is 15.0. The van der Waals surface area contributed by atoms with Gasteiger partial charge in [-0.05, 0) is 65.7 Å². The first-order valence-electron chi connectivity index (χ1n) is 14.2. The van der Waals surface area contributed by atoms with Gasteiger partial charge in [-0.1, -0.05) is 63.2 Å². The Balaban J connectivity index is 0.00000198. The Bertz CT molecular complexity index is 1480. The average Bonchev–Trinajstić information content (AvgIpc) is 3.40. The molecule has 1 aliphatic carbocycles. The third-order valence-electron chi connectivity index (χ3n) is 7.32.